The highest BCUT2D eigenvalue weighted by Crippen LogP contribution is 2.63. The normalized spacial score (nSPS) is 15.7. The van der Waals surface area contributed by atoms with E-state index < -0.39 is 5.41 Å². The molecule has 1 aromatic heterocycles. The number of furan rings is 1. The van der Waals surface area contributed by atoms with Gasteiger partial charge >= 0.3 is 0 Å². The van der Waals surface area contributed by atoms with Gasteiger partial charge in [0.1, 0.15) is 5.58 Å². The fourth-order valence-electron chi connectivity index (χ4n) is 8.68. The summed E-state index contributed by atoms with van der Waals surface area (Å²) in [5, 5.41) is 2.97. The van der Waals surface area contributed by atoms with Crippen molar-refractivity contribution >= 4 is 50.6 Å². The highest BCUT2D eigenvalue weighted by molar-refractivity contribution is 6.30. The molecule has 8 aromatic rings. The van der Waals surface area contributed by atoms with Crippen LogP contribution in [0.1, 0.15) is 48.6 Å². The molecular weight excluding hydrogens is 630 g/mol. The van der Waals surface area contributed by atoms with Gasteiger partial charge in [-0.15, -0.1) is 0 Å². The molecule has 10 rings (SSSR count). The van der Waals surface area contributed by atoms with Crippen molar-refractivity contribution in [1.29, 1.82) is 0 Å². The molecule has 0 bridgehead atoms. The summed E-state index contributed by atoms with van der Waals surface area (Å²) < 4.78 is 6.67. The average Bonchev–Trinajstić information content (AvgIpc) is 3.76. The molecule has 3 heteroatoms. The minimum absolute atomic E-state index is 0.0400. The van der Waals surface area contributed by atoms with Crippen LogP contribution in [0.3, 0.4) is 0 Å². The lowest BCUT2D eigenvalue weighted by atomic mass is 9.70. The van der Waals surface area contributed by atoms with Crippen LogP contribution in [0.25, 0.3) is 44.2 Å². The van der Waals surface area contributed by atoms with Gasteiger partial charge in [-0.25, -0.2) is 0 Å². The van der Waals surface area contributed by atoms with E-state index in [2.05, 4.69) is 165 Å². The third-order valence-electron chi connectivity index (χ3n) is 10.9. The van der Waals surface area contributed by atoms with Crippen molar-refractivity contribution < 1.29 is 4.42 Å². The van der Waals surface area contributed by atoms with Gasteiger partial charge in [0.2, 0.25) is 0 Å². The number of benzene rings is 7. The summed E-state index contributed by atoms with van der Waals surface area (Å²) in [6.07, 6.45) is 0. The zero-order chi connectivity index (χ0) is 33.8. The van der Waals surface area contributed by atoms with Crippen LogP contribution >= 0.6 is 11.6 Å². The summed E-state index contributed by atoms with van der Waals surface area (Å²) >= 11 is 6.84. The molecule has 240 valence electrons. The Hall–Kier alpha value is -5.57. The predicted molar refractivity (Wildman–Crippen MR) is 208 cm³/mol. The maximum atomic E-state index is 6.84. The van der Waals surface area contributed by atoms with E-state index in [1.807, 2.05) is 12.1 Å². The highest BCUT2D eigenvalue weighted by Gasteiger charge is 2.51. The second kappa shape index (κ2) is 10.5. The molecule has 0 radical (unpaired) electrons. The van der Waals surface area contributed by atoms with Gasteiger partial charge in [-0.3, -0.25) is 0 Å². The monoisotopic (exact) mass is 663 g/mol. The molecule has 2 nitrogen and oxygen atoms in total. The van der Waals surface area contributed by atoms with Gasteiger partial charge in [-0.05, 0) is 104 Å². The summed E-state index contributed by atoms with van der Waals surface area (Å²) in [6, 6.07) is 55.0. The quantitative estimate of drug-likeness (QED) is 0.187. The molecule has 1 unspecified atom stereocenters. The first-order valence-electron chi connectivity index (χ1n) is 17.3. The second-order valence-corrected chi connectivity index (χ2v) is 15.1. The zero-order valence-corrected chi connectivity index (χ0v) is 28.9. The molecule has 0 aliphatic heterocycles. The van der Waals surface area contributed by atoms with Gasteiger partial charge in [-0.2, -0.15) is 0 Å². The lowest BCUT2D eigenvalue weighted by molar-refractivity contribution is 0.590. The Morgan fingerprint density at radius 3 is 1.82 bits per heavy atom. The summed E-state index contributed by atoms with van der Waals surface area (Å²) in [4.78, 5) is 2.37. The van der Waals surface area contributed by atoms with Crippen molar-refractivity contribution in [3.63, 3.8) is 0 Å². The van der Waals surface area contributed by atoms with Crippen LogP contribution < -0.4 is 4.90 Å². The maximum absolute atomic E-state index is 6.84. The van der Waals surface area contributed by atoms with Crippen LogP contribution in [0, 0.1) is 0 Å². The molecule has 0 N–H and O–H groups in total. The van der Waals surface area contributed by atoms with Crippen LogP contribution in [0.2, 0.25) is 5.02 Å². The van der Waals surface area contributed by atoms with Crippen molar-refractivity contribution in [3.8, 4) is 22.3 Å². The van der Waals surface area contributed by atoms with Gasteiger partial charge < -0.3 is 9.32 Å². The SMILES string of the molecule is CC(C)(C)c1ccc(N(c2ccc3c(c2)C2(c4ccccc4-c4ccc(Cl)cc42)c2ccccc2-3)c2cccc3c2oc2ccccc23)cc1. The van der Waals surface area contributed by atoms with Gasteiger partial charge in [0.05, 0.1) is 11.1 Å². The van der Waals surface area contributed by atoms with E-state index in [9.17, 15) is 0 Å². The first-order valence-corrected chi connectivity index (χ1v) is 17.7. The number of hydrogen-bond acceptors (Lipinski definition) is 2. The molecular formula is C47H34ClNO. The van der Waals surface area contributed by atoms with Crippen LogP contribution in [-0.2, 0) is 10.8 Å². The number of hydrogen-bond donors (Lipinski definition) is 0. The summed E-state index contributed by atoms with van der Waals surface area (Å²) in [5.41, 5.74) is 15.8. The van der Waals surface area contributed by atoms with Crippen molar-refractivity contribution in [2.45, 2.75) is 31.6 Å². The smallest absolute Gasteiger partial charge is 0.159 e. The average molecular weight is 664 g/mol. The van der Waals surface area contributed by atoms with E-state index in [-0.39, 0.29) is 5.41 Å². The predicted octanol–water partition coefficient (Wildman–Crippen LogP) is 13.4. The van der Waals surface area contributed by atoms with E-state index in [0.717, 1.165) is 44.0 Å². The standard InChI is InChI=1S/C47H34ClNO/c1-46(2,3)29-19-22-31(23-20-29)49(43-17-10-14-38-37-13-6-9-18-44(37)50-45(38)43)32-24-26-36-34-12-5-8-16-40(34)47(42(36)28-32)39-15-7-4-11-33(39)35-25-21-30(48)27-41(35)47/h4-28H,1-3H3. The van der Waals surface area contributed by atoms with E-state index in [0.29, 0.717) is 0 Å². The number of para-hydroxylation sites is 2. The van der Waals surface area contributed by atoms with E-state index in [1.165, 1.54) is 50.1 Å². The number of anilines is 3. The summed E-state index contributed by atoms with van der Waals surface area (Å²) in [6.45, 7) is 6.78. The van der Waals surface area contributed by atoms with E-state index in [4.69, 9.17) is 16.0 Å². The molecule has 2 aliphatic carbocycles. The van der Waals surface area contributed by atoms with Gasteiger partial charge in [0, 0.05) is 27.2 Å². The van der Waals surface area contributed by atoms with Crippen LogP contribution in [0.5, 0.6) is 0 Å². The molecule has 0 saturated heterocycles. The third-order valence-corrected chi connectivity index (χ3v) is 11.1. The largest absolute Gasteiger partial charge is 0.454 e. The number of halogens is 1. The van der Waals surface area contributed by atoms with E-state index in [1.54, 1.807) is 0 Å². The molecule has 0 saturated carbocycles. The highest BCUT2D eigenvalue weighted by atomic mass is 35.5. The Kier molecular flexibility index (Phi) is 6.15. The van der Waals surface area contributed by atoms with Crippen molar-refractivity contribution in [3.05, 3.63) is 184 Å². The molecule has 7 aromatic carbocycles. The van der Waals surface area contributed by atoms with Gasteiger partial charge in [0.15, 0.2) is 5.58 Å². The molecule has 1 heterocycles. The number of nitrogens with zero attached hydrogens (tertiary/aromatic N) is 1. The van der Waals surface area contributed by atoms with E-state index >= 15 is 0 Å². The third kappa shape index (κ3) is 3.97. The van der Waals surface area contributed by atoms with Crippen molar-refractivity contribution in [2.24, 2.45) is 0 Å². The Morgan fingerprint density at radius 2 is 1.10 bits per heavy atom. The fourth-order valence-corrected chi connectivity index (χ4v) is 8.86. The van der Waals surface area contributed by atoms with Gasteiger partial charge in [-0.1, -0.05) is 136 Å². The molecule has 0 fully saturated rings. The van der Waals surface area contributed by atoms with Crippen molar-refractivity contribution in [2.75, 3.05) is 4.90 Å². The van der Waals surface area contributed by atoms with Crippen LogP contribution in [-0.4, -0.2) is 0 Å². The first kappa shape index (κ1) is 29.4. The molecule has 0 amide bonds. The Bertz CT molecular complexity index is 2650. The second-order valence-electron chi connectivity index (χ2n) is 14.6. The van der Waals surface area contributed by atoms with Crippen LogP contribution in [0.4, 0.5) is 17.1 Å². The number of rotatable bonds is 3. The minimum atomic E-state index is -0.508. The summed E-state index contributed by atoms with van der Waals surface area (Å²) in [7, 11) is 0. The lowest BCUT2D eigenvalue weighted by Gasteiger charge is -2.32. The fraction of sp³-hybridized carbons (Fsp3) is 0.106. The molecule has 1 atom stereocenters. The lowest BCUT2D eigenvalue weighted by Crippen LogP contribution is -2.26. The molecule has 2 aliphatic rings. The molecule has 50 heavy (non-hydrogen) atoms. The van der Waals surface area contributed by atoms with Crippen molar-refractivity contribution in [1.82, 2.24) is 0 Å². The van der Waals surface area contributed by atoms with Gasteiger partial charge in [0.25, 0.3) is 0 Å². The Labute approximate surface area is 297 Å². The maximum Gasteiger partial charge on any atom is 0.159 e. The summed E-state index contributed by atoms with van der Waals surface area (Å²) in [5.74, 6) is 0. The number of fused-ring (bicyclic) bond motifs is 13. The Balaban J connectivity index is 1.28. The topological polar surface area (TPSA) is 16.4 Å². The zero-order valence-electron chi connectivity index (χ0n) is 28.2. The van der Waals surface area contributed by atoms with Crippen LogP contribution in [0.15, 0.2) is 156 Å². The Morgan fingerprint density at radius 1 is 0.520 bits per heavy atom. The molecule has 1 spiro atoms. The minimum Gasteiger partial charge on any atom is -0.454 e. The first-order chi connectivity index (χ1) is 24.3.